The van der Waals surface area contributed by atoms with Gasteiger partial charge in [0.25, 0.3) is 0 Å². The van der Waals surface area contributed by atoms with Gasteiger partial charge in [-0.05, 0) is 18.2 Å². The second kappa shape index (κ2) is 4.77. The molecule has 16 heavy (non-hydrogen) atoms. The third kappa shape index (κ3) is 2.16. The molecular formula is C11H10ClN3S. The van der Waals surface area contributed by atoms with Crippen LogP contribution in [0.1, 0.15) is 5.56 Å². The van der Waals surface area contributed by atoms with Crippen LogP contribution in [0.5, 0.6) is 0 Å². The van der Waals surface area contributed by atoms with Crippen LogP contribution in [0.2, 0.25) is 0 Å². The first kappa shape index (κ1) is 11.3. The highest BCUT2D eigenvalue weighted by Gasteiger charge is 2.28. The Labute approximate surface area is 104 Å². The van der Waals surface area contributed by atoms with Gasteiger partial charge < -0.3 is 4.90 Å². The molecule has 0 saturated carbocycles. The van der Waals surface area contributed by atoms with Crippen molar-refractivity contribution in [2.45, 2.75) is 5.25 Å². The Morgan fingerprint density at radius 2 is 2.44 bits per heavy atom. The number of hydrogen-bond donors (Lipinski definition) is 1. The van der Waals surface area contributed by atoms with Gasteiger partial charge in [-0.15, -0.1) is 11.6 Å². The number of thioether (sulfide) groups is 1. The van der Waals surface area contributed by atoms with E-state index in [1.54, 1.807) is 12.1 Å². The molecule has 1 heterocycles. The quantitative estimate of drug-likeness (QED) is 0.823. The first-order valence-electron chi connectivity index (χ1n) is 4.83. The summed E-state index contributed by atoms with van der Waals surface area (Å²) in [6, 6.07) is 9.40. The van der Waals surface area contributed by atoms with Gasteiger partial charge in [-0.1, -0.05) is 17.8 Å². The predicted octanol–water partition coefficient (Wildman–Crippen LogP) is 2.65. The summed E-state index contributed by atoms with van der Waals surface area (Å²) in [5, 5.41) is 17.4. The first-order chi connectivity index (χ1) is 7.74. The van der Waals surface area contributed by atoms with E-state index in [2.05, 4.69) is 6.07 Å². The maximum Gasteiger partial charge on any atom is 0.161 e. The summed E-state index contributed by atoms with van der Waals surface area (Å²) in [6.07, 6.45) is 0. The Bertz CT molecular complexity index is 455. The van der Waals surface area contributed by atoms with Crippen LogP contribution in [0.25, 0.3) is 0 Å². The fourth-order valence-electron chi connectivity index (χ4n) is 1.59. The molecule has 3 nitrogen and oxygen atoms in total. The van der Waals surface area contributed by atoms with Gasteiger partial charge in [0.15, 0.2) is 5.17 Å². The molecule has 1 atom stereocenters. The van der Waals surface area contributed by atoms with Crippen molar-refractivity contribution in [3.05, 3.63) is 29.8 Å². The molecule has 0 aromatic heterocycles. The summed E-state index contributed by atoms with van der Waals surface area (Å²) < 4.78 is 0. The Kier molecular flexibility index (Phi) is 3.37. The molecule has 0 aliphatic carbocycles. The highest BCUT2D eigenvalue weighted by Crippen LogP contribution is 2.30. The number of nitrogens with one attached hydrogen (secondary N) is 1. The lowest BCUT2D eigenvalue weighted by Crippen LogP contribution is -2.25. The van der Waals surface area contributed by atoms with Crippen molar-refractivity contribution in [2.24, 2.45) is 0 Å². The summed E-state index contributed by atoms with van der Waals surface area (Å²) >= 11 is 7.26. The lowest BCUT2D eigenvalue weighted by Gasteiger charge is -2.17. The lowest BCUT2D eigenvalue weighted by atomic mass is 10.2. The molecule has 1 unspecified atom stereocenters. The summed E-state index contributed by atoms with van der Waals surface area (Å²) in [5.41, 5.74) is 1.51. The standard InChI is InChI=1S/C11H10ClN3S/c12-5-10-7-15(11(14)16-10)9-3-1-2-8(4-9)6-13/h1-4,10,14H,5,7H2. The maximum absolute atomic E-state index is 8.82. The molecule has 1 aromatic rings. The smallest absolute Gasteiger partial charge is 0.161 e. The molecule has 1 N–H and O–H groups in total. The van der Waals surface area contributed by atoms with E-state index in [1.165, 1.54) is 11.8 Å². The Morgan fingerprint density at radius 1 is 1.62 bits per heavy atom. The Morgan fingerprint density at radius 3 is 3.06 bits per heavy atom. The maximum atomic E-state index is 8.82. The summed E-state index contributed by atoms with van der Waals surface area (Å²) in [7, 11) is 0. The van der Waals surface area contributed by atoms with E-state index in [-0.39, 0.29) is 5.25 Å². The van der Waals surface area contributed by atoms with Crippen molar-refractivity contribution >= 4 is 34.2 Å². The van der Waals surface area contributed by atoms with Gasteiger partial charge in [-0.2, -0.15) is 5.26 Å². The van der Waals surface area contributed by atoms with E-state index < -0.39 is 0 Å². The molecular weight excluding hydrogens is 242 g/mol. The van der Waals surface area contributed by atoms with Crippen LogP contribution in [-0.2, 0) is 0 Å². The first-order valence-corrected chi connectivity index (χ1v) is 6.25. The van der Waals surface area contributed by atoms with Crippen LogP contribution in [0.15, 0.2) is 24.3 Å². The average molecular weight is 252 g/mol. The zero-order valence-corrected chi connectivity index (χ0v) is 10.1. The highest BCUT2D eigenvalue weighted by molar-refractivity contribution is 8.15. The van der Waals surface area contributed by atoms with Gasteiger partial charge in [-0.3, -0.25) is 5.41 Å². The molecule has 5 heteroatoms. The van der Waals surface area contributed by atoms with E-state index in [4.69, 9.17) is 22.3 Å². The van der Waals surface area contributed by atoms with Gasteiger partial charge in [0, 0.05) is 23.4 Å². The lowest BCUT2D eigenvalue weighted by molar-refractivity contribution is 0.955. The fraction of sp³-hybridized carbons (Fsp3) is 0.273. The molecule has 0 amide bonds. The molecule has 1 aliphatic rings. The van der Waals surface area contributed by atoms with E-state index in [1.807, 2.05) is 17.0 Å². The molecule has 2 rings (SSSR count). The molecule has 1 saturated heterocycles. The molecule has 0 bridgehead atoms. The highest BCUT2D eigenvalue weighted by atomic mass is 35.5. The number of amidine groups is 1. The topological polar surface area (TPSA) is 50.9 Å². The van der Waals surface area contributed by atoms with E-state index in [9.17, 15) is 0 Å². The number of nitriles is 1. The van der Waals surface area contributed by atoms with Crippen LogP contribution in [0.3, 0.4) is 0 Å². The molecule has 1 fully saturated rings. The van der Waals surface area contributed by atoms with Crippen LogP contribution in [-0.4, -0.2) is 22.8 Å². The number of alkyl halides is 1. The number of rotatable bonds is 2. The number of anilines is 1. The van der Waals surface area contributed by atoms with Gasteiger partial charge in [0.05, 0.1) is 11.6 Å². The van der Waals surface area contributed by atoms with Crippen molar-refractivity contribution in [1.29, 1.82) is 10.7 Å². The largest absolute Gasteiger partial charge is 0.320 e. The van der Waals surface area contributed by atoms with Crippen LogP contribution in [0, 0.1) is 16.7 Å². The average Bonchev–Trinajstić information content (AvgIpc) is 2.71. The molecule has 1 aromatic carbocycles. The summed E-state index contributed by atoms with van der Waals surface area (Å²) in [5.74, 6) is 0.543. The van der Waals surface area contributed by atoms with Crippen molar-refractivity contribution in [3.63, 3.8) is 0 Å². The van der Waals surface area contributed by atoms with Crippen molar-refractivity contribution in [2.75, 3.05) is 17.3 Å². The normalized spacial score (nSPS) is 19.9. The zero-order valence-electron chi connectivity index (χ0n) is 8.48. The molecule has 0 radical (unpaired) electrons. The van der Waals surface area contributed by atoms with Crippen LogP contribution < -0.4 is 4.90 Å². The minimum atomic E-state index is 0.264. The second-order valence-corrected chi connectivity index (χ2v) is 5.07. The van der Waals surface area contributed by atoms with Crippen molar-refractivity contribution in [1.82, 2.24) is 0 Å². The monoisotopic (exact) mass is 251 g/mol. The SMILES string of the molecule is N#Cc1cccc(N2CC(CCl)SC2=N)c1. The Hall–Kier alpha value is -1.18. The van der Waals surface area contributed by atoms with Crippen molar-refractivity contribution in [3.8, 4) is 6.07 Å². The fourth-order valence-corrected chi connectivity index (χ4v) is 2.79. The number of halogens is 1. The summed E-state index contributed by atoms with van der Waals surface area (Å²) in [4.78, 5) is 1.89. The van der Waals surface area contributed by atoms with Crippen LogP contribution >= 0.6 is 23.4 Å². The minimum Gasteiger partial charge on any atom is -0.320 e. The number of nitrogens with zero attached hydrogens (tertiary/aromatic N) is 2. The predicted molar refractivity (Wildman–Crippen MR) is 68.3 cm³/mol. The minimum absolute atomic E-state index is 0.264. The number of hydrogen-bond acceptors (Lipinski definition) is 3. The van der Waals surface area contributed by atoms with Crippen molar-refractivity contribution < 1.29 is 0 Å². The van der Waals surface area contributed by atoms with Gasteiger partial charge in [0.2, 0.25) is 0 Å². The third-order valence-electron chi connectivity index (χ3n) is 2.37. The van der Waals surface area contributed by atoms with E-state index in [0.29, 0.717) is 16.6 Å². The molecule has 0 spiro atoms. The van der Waals surface area contributed by atoms with E-state index >= 15 is 0 Å². The second-order valence-electron chi connectivity index (χ2n) is 3.47. The van der Waals surface area contributed by atoms with Gasteiger partial charge in [-0.25, -0.2) is 0 Å². The van der Waals surface area contributed by atoms with E-state index in [0.717, 1.165) is 12.2 Å². The van der Waals surface area contributed by atoms with Crippen LogP contribution in [0.4, 0.5) is 5.69 Å². The van der Waals surface area contributed by atoms with Gasteiger partial charge in [0.1, 0.15) is 0 Å². The molecule has 82 valence electrons. The number of benzene rings is 1. The molecule has 1 aliphatic heterocycles. The third-order valence-corrected chi connectivity index (χ3v) is 4.02. The zero-order chi connectivity index (χ0) is 11.5. The summed E-state index contributed by atoms with van der Waals surface area (Å²) in [6.45, 7) is 0.738. The van der Waals surface area contributed by atoms with Gasteiger partial charge >= 0.3 is 0 Å². The Balaban J connectivity index is 2.25.